The number of piperidine rings is 1. The lowest BCUT2D eigenvalue weighted by Gasteiger charge is -2.22. The summed E-state index contributed by atoms with van der Waals surface area (Å²) in [6.07, 6.45) is 3.25. The van der Waals surface area contributed by atoms with Crippen molar-refractivity contribution in [2.45, 2.75) is 26.2 Å². The quantitative estimate of drug-likeness (QED) is 0.598. The zero-order chi connectivity index (χ0) is 11.1. The van der Waals surface area contributed by atoms with Crippen molar-refractivity contribution in [2.75, 3.05) is 26.2 Å². The topological polar surface area (TPSA) is 70.2 Å². The highest BCUT2D eigenvalue weighted by Crippen LogP contribution is 2.14. The van der Waals surface area contributed by atoms with Crippen LogP contribution in [-0.2, 0) is 10.2 Å². The Balaban J connectivity index is 2.14. The Hall–Kier alpha value is -0.170. The van der Waals surface area contributed by atoms with Gasteiger partial charge in [-0.1, -0.05) is 6.92 Å². The molecule has 1 aliphatic heterocycles. The zero-order valence-corrected chi connectivity index (χ0v) is 10.1. The van der Waals surface area contributed by atoms with Crippen LogP contribution in [0.1, 0.15) is 26.2 Å². The summed E-state index contributed by atoms with van der Waals surface area (Å²) in [6.45, 7) is 4.87. The highest BCUT2D eigenvalue weighted by molar-refractivity contribution is 7.87. The molecule has 0 aromatic carbocycles. The summed E-state index contributed by atoms with van der Waals surface area (Å²) in [7, 11) is -3.25. The molecule has 1 rings (SSSR count). The zero-order valence-electron chi connectivity index (χ0n) is 9.25. The van der Waals surface area contributed by atoms with Crippen LogP contribution >= 0.6 is 0 Å². The molecule has 0 amide bonds. The Morgan fingerprint density at radius 2 is 1.93 bits per heavy atom. The van der Waals surface area contributed by atoms with Crippen LogP contribution in [0, 0.1) is 5.92 Å². The number of rotatable bonds is 6. The van der Waals surface area contributed by atoms with E-state index in [9.17, 15) is 8.42 Å². The van der Waals surface area contributed by atoms with E-state index >= 15 is 0 Å². The van der Waals surface area contributed by atoms with Crippen molar-refractivity contribution in [1.29, 1.82) is 0 Å². The standard InChI is InChI=1S/C9H21N3O2S/c1-2-11-15(13,14)12-8-5-9-3-6-10-7-4-9/h9-12H,2-8H2,1H3. The molecule has 1 saturated heterocycles. The molecule has 0 spiro atoms. The molecule has 0 aliphatic carbocycles. The van der Waals surface area contributed by atoms with Crippen LogP contribution in [0.5, 0.6) is 0 Å². The van der Waals surface area contributed by atoms with Gasteiger partial charge in [0.25, 0.3) is 10.2 Å². The predicted octanol–water partition coefficient (Wildman–Crippen LogP) is -0.180. The van der Waals surface area contributed by atoms with Gasteiger partial charge in [-0.25, -0.2) is 9.44 Å². The van der Waals surface area contributed by atoms with E-state index in [2.05, 4.69) is 14.8 Å². The average Bonchev–Trinajstić information content (AvgIpc) is 2.19. The van der Waals surface area contributed by atoms with Gasteiger partial charge in [0.05, 0.1) is 0 Å². The molecule has 3 N–H and O–H groups in total. The second-order valence-corrected chi connectivity index (χ2v) is 5.46. The van der Waals surface area contributed by atoms with E-state index in [-0.39, 0.29) is 0 Å². The van der Waals surface area contributed by atoms with Crippen LogP contribution in [0.3, 0.4) is 0 Å². The smallest absolute Gasteiger partial charge is 0.276 e. The van der Waals surface area contributed by atoms with Crippen LogP contribution in [0.25, 0.3) is 0 Å². The van der Waals surface area contributed by atoms with Gasteiger partial charge in [0.1, 0.15) is 0 Å². The first kappa shape index (κ1) is 12.9. The summed E-state index contributed by atoms with van der Waals surface area (Å²) < 4.78 is 27.4. The van der Waals surface area contributed by atoms with Gasteiger partial charge in [-0.3, -0.25) is 0 Å². The fourth-order valence-electron chi connectivity index (χ4n) is 1.81. The Morgan fingerprint density at radius 3 is 2.53 bits per heavy atom. The molecule has 1 aliphatic rings. The third-order valence-electron chi connectivity index (χ3n) is 2.64. The van der Waals surface area contributed by atoms with Crippen molar-refractivity contribution in [3.63, 3.8) is 0 Å². The van der Waals surface area contributed by atoms with Crippen molar-refractivity contribution in [1.82, 2.24) is 14.8 Å². The molecule has 0 radical (unpaired) electrons. The lowest BCUT2D eigenvalue weighted by atomic mass is 9.95. The first-order valence-corrected chi connectivity index (χ1v) is 7.07. The molecule has 0 aromatic heterocycles. The first-order valence-electron chi connectivity index (χ1n) is 5.59. The van der Waals surface area contributed by atoms with Crippen molar-refractivity contribution in [2.24, 2.45) is 5.92 Å². The van der Waals surface area contributed by atoms with Crippen LogP contribution in [0.2, 0.25) is 0 Å². The highest BCUT2D eigenvalue weighted by atomic mass is 32.2. The van der Waals surface area contributed by atoms with Crippen LogP contribution in [-0.4, -0.2) is 34.6 Å². The van der Waals surface area contributed by atoms with Crippen molar-refractivity contribution in [3.05, 3.63) is 0 Å². The Kier molecular flexibility index (Phi) is 5.52. The minimum atomic E-state index is -3.25. The lowest BCUT2D eigenvalue weighted by Crippen LogP contribution is -2.38. The molecular weight excluding hydrogens is 214 g/mol. The van der Waals surface area contributed by atoms with Gasteiger partial charge in [-0.2, -0.15) is 8.42 Å². The van der Waals surface area contributed by atoms with E-state index in [0.717, 1.165) is 32.4 Å². The van der Waals surface area contributed by atoms with E-state index in [4.69, 9.17) is 0 Å². The van der Waals surface area contributed by atoms with E-state index in [1.807, 2.05) is 0 Å². The summed E-state index contributed by atoms with van der Waals surface area (Å²) in [5.41, 5.74) is 0. The molecule has 1 fully saturated rings. The molecule has 15 heavy (non-hydrogen) atoms. The van der Waals surface area contributed by atoms with Gasteiger partial charge in [0.15, 0.2) is 0 Å². The number of hydrogen-bond donors (Lipinski definition) is 3. The summed E-state index contributed by atoms with van der Waals surface area (Å²) in [6, 6.07) is 0. The summed E-state index contributed by atoms with van der Waals surface area (Å²) in [5.74, 6) is 0.663. The average molecular weight is 235 g/mol. The summed E-state index contributed by atoms with van der Waals surface area (Å²) in [4.78, 5) is 0. The fraction of sp³-hybridized carbons (Fsp3) is 1.00. The summed E-state index contributed by atoms with van der Waals surface area (Å²) in [5, 5.41) is 3.29. The van der Waals surface area contributed by atoms with Gasteiger partial charge < -0.3 is 5.32 Å². The van der Waals surface area contributed by atoms with Gasteiger partial charge >= 0.3 is 0 Å². The van der Waals surface area contributed by atoms with E-state index in [1.54, 1.807) is 6.92 Å². The van der Waals surface area contributed by atoms with E-state index < -0.39 is 10.2 Å². The molecule has 0 unspecified atom stereocenters. The molecular formula is C9H21N3O2S. The molecule has 6 heteroatoms. The van der Waals surface area contributed by atoms with Crippen molar-refractivity contribution >= 4 is 10.2 Å². The molecule has 1 heterocycles. The van der Waals surface area contributed by atoms with Crippen LogP contribution < -0.4 is 14.8 Å². The summed E-state index contributed by atoms with van der Waals surface area (Å²) >= 11 is 0. The van der Waals surface area contributed by atoms with Crippen molar-refractivity contribution in [3.8, 4) is 0 Å². The van der Waals surface area contributed by atoms with E-state index in [0.29, 0.717) is 19.0 Å². The van der Waals surface area contributed by atoms with Crippen molar-refractivity contribution < 1.29 is 8.42 Å². The lowest BCUT2D eigenvalue weighted by molar-refractivity contribution is 0.354. The SMILES string of the molecule is CCNS(=O)(=O)NCCC1CCNCC1. The molecule has 0 saturated carbocycles. The van der Waals surface area contributed by atoms with Gasteiger partial charge in [0, 0.05) is 13.1 Å². The van der Waals surface area contributed by atoms with Gasteiger partial charge in [-0.05, 0) is 38.3 Å². The number of nitrogens with one attached hydrogen (secondary N) is 3. The molecule has 5 nitrogen and oxygen atoms in total. The molecule has 90 valence electrons. The highest BCUT2D eigenvalue weighted by Gasteiger charge is 2.14. The monoisotopic (exact) mass is 235 g/mol. The fourth-order valence-corrected chi connectivity index (χ4v) is 2.68. The van der Waals surface area contributed by atoms with Crippen LogP contribution in [0.4, 0.5) is 0 Å². The maximum absolute atomic E-state index is 11.2. The van der Waals surface area contributed by atoms with Gasteiger partial charge in [-0.15, -0.1) is 0 Å². The predicted molar refractivity (Wildman–Crippen MR) is 60.8 cm³/mol. The number of hydrogen-bond acceptors (Lipinski definition) is 3. The largest absolute Gasteiger partial charge is 0.317 e. The normalized spacial score (nSPS) is 19.3. The second-order valence-electron chi connectivity index (χ2n) is 3.88. The first-order chi connectivity index (χ1) is 7.14. The van der Waals surface area contributed by atoms with Crippen LogP contribution in [0.15, 0.2) is 0 Å². The van der Waals surface area contributed by atoms with Gasteiger partial charge in [0.2, 0.25) is 0 Å². The minimum Gasteiger partial charge on any atom is -0.317 e. The third-order valence-corrected chi connectivity index (χ3v) is 3.89. The minimum absolute atomic E-state index is 0.433. The molecule has 0 atom stereocenters. The maximum Gasteiger partial charge on any atom is 0.276 e. The molecule has 0 aromatic rings. The second kappa shape index (κ2) is 6.42. The maximum atomic E-state index is 11.2. The Morgan fingerprint density at radius 1 is 1.27 bits per heavy atom. The third kappa shape index (κ3) is 5.46. The Labute approximate surface area is 92.2 Å². The van der Waals surface area contributed by atoms with E-state index in [1.165, 1.54) is 0 Å². The molecule has 0 bridgehead atoms. The Bertz CT molecular complexity index is 261.